The molecule has 0 spiro atoms. The maximum Gasteiger partial charge on any atom is 0.191 e. The van der Waals surface area contributed by atoms with E-state index < -0.39 is 0 Å². The summed E-state index contributed by atoms with van der Waals surface area (Å²) in [5.41, 5.74) is 0.890. The number of guanidine groups is 1. The number of aliphatic imine (C=N–C) groups is 1. The Hall–Kier alpha value is -1.66. The molecule has 1 saturated carbocycles. The van der Waals surface area contributed by atoms with Gasteiger partial charge in [-0.15, -0.1) is 0 Å². The third-order valence-electron chi connectivity index (χ3n) is 5.52. The van der Waals surface area contributed by atoms with Gasteiger partial charge < -0.3 is 20.1 Å². The van der Waals surface area contributed by atoms with E-state index in [9.17, 15) is 4.39 Å². The van der Waals surface area contributed by atoms with Gasteiger partial charge in [0.25, 0.3) is 0 Å². The van der Waals surface area contributed by atoms with Crippen LogP contribution in [0.2, 0.25) is 0 Å². The van der Waals surface area contributed by atoms with Gasteiger partial charge >= 0.3 is 0 Å². The van der Waals surface area contributed by atoms with Crippen molar-refractivity contribution in [2.45, 2.75) is 36.7 Å². The zero-order valence-electron chi connectivity index (χ0n) is 15.1. The van der Waals surface area contributed by atoms with Gasteiger partial charge in [0.15, 0.2) is 5.96 Å². The van der Waals surface area contributed by atoms with Crippen molar-refractivity contribution in [3.63, 3.8) is 0 Å². The second kappa shape index (κ2) is 7.70. The molecule has 6 heteroatoms. The number of rotatable bonds is 6. The minimum absolute atomic E-state index is 0.0251. The highest BCUT2D eigenvalue weighted by molar-refractivity contribution is 5.80. The molecule has 3 rings (SSSR count). The Labute approximate surface area is 149 Å². The summed E-state index contributed by atoms with van der Waals surface area (Å²) in [6.07, 6.45) is 3.89. The molecule has 1 aromatic carbocycles. The summed E-state index contributed by atoms with van der Waals surface area (Å²) in [5, 5.41) is 6.78. The van der Waals surface area contributed by atoms with E-state index in [1.807, 2.05) is 6.07 Å². The first-order valence-corrected chi connectivity index (χ1v) is 8.95. The molecule has 25 heavy (non-hydrogen) atoms. The number of hydrogen-bond acceptors (Lipinski definition) is 3. The summed E-state index contributed by atoms with van der Waals surface area (Å²) in [7, 11) is 3.52. The Morgan fingerprint density at radius 3 is 2.52 bits per heavy atom. The van der Waals surface area contributed by atoms with Gasteiger partial charge in [-0.1, -0.05) is 12.1 Å². The Bertz CT molecular complexity index is 610. The van der Waals surface area contributed by atoms with E-state index in [2.05, 4.69) is 15.6 Å². The Balaban J connectivity index is 1.54. The van der Waals surface area contributed by atoms with Crippen molar-refractivity contribution in [2.75, 3.05) is 40.5 Å². The lowest BCUT2D eigenvalue weighted by atomic mass is 9.94. The fraction of sp³-hybridized carbons (Fsp3) is 0.632. The van der Waals surface area contributed by atoms with Gasteiger partial charge in [-0.05, 0) is 30.5 Å². The molecule has 0 amide bonds. The van der Waals surface area contributed by atoms with Crippen LogP contribution >= 0.6 is 0 Å². The molecule has 0 atom stereocenters. The van der Waals surface area contributed by atoms with Gasteiger partial charge in [0.05, 0.1) is 5.60 Å². The quantitative estimate of drug-likeness (QED) is 0.611. The molecule has 1 heterocycles. The van der Waals surface area contributed by atoms with E-state index in [-0.39, 0.29) is 16.8 Å². The van der Waals surface area contributed by atoms with Crippen LogP contribution in [0.1, 0.15) is 31.2 Å². The topological polar surface area (TPSA) is 54.9 Å². The first-order chi connectivity index (χ1) is 12.1. The molecule has 0 bridgehead atoms. The van der Waals surface area contributed by atoms with Crippen LogP contribution in [0, 0.1) is 5.82 Å². The van der Waals surface area contributed by atoms with E-state index in [4.69, 9.17) is 9.47 Å². The minimum Gasteiger partial charge on any atom is -0.381 e. The number of halogens is 1. The van der Waals surface area contributed by atoms with Gasteiger partial charge in [-0.2, -0.15) is 0 Å². The lowest BCUT2D eigenvalue weighted by Gasteiger charge is -2.36. The molecule has 2 aliphatic rings. The lowest BCUT2D eigenvalue weighted by Crippen LogP contribution is -2.51. The Kier molecular flexibility index (Phi) is 5.59. The van der Waals surface area contributed by atoms with Gasteiger partial charge in [-0.3, -0.25) is 4.99 Å². The number of benzene rings is 1. The van der Waals surface area contributed by atoms with Crippen molar-refractivity contribution in [3.05, 3.63) is 35.6 Å². The summed E-state index contributed by atoms with van der Waals surface area (Å²) < 4.78 is 24.7. The van der Waals surface area contributed by atoms with E-state index in [0.29, 0.717) is 6.54 Å². The molecule has 0 unspecified atom stereocenters. The monoisotopic (exact) mass is 349 g/mol. The molecule has 0 aromatic heterocycles. The number of methoxy groups -OCH3 is 1. The Morgan fingerprint density at radius 2 is 1.92 bits per heavy atom. The average Bonchev–Trinajstić information content (AvgIpc) is 3.44. The predicted molar refractivity (Wildman–Crippen MR) is 96.5 cm³/mol. The van der Waals surface area contributed by atoms with Crippen LogP contribution in [-0.4, -0.2) is 52.0 Å². The molecule has 1 aromatic rings. The average molecular weight is 349 g/mol. The van der Waals surface area contributed by atoms with Crippen molar-refractivity contribution < 1.29 is 13.9 Å². The Morgan fingerprint density at radius 1 is 1.20 bits per heavy atom. The normalized spacial score (nSPS) is 21.6. The molecule has 1 aliphatic heterocycles. The zero-order chi connectivity index (χ0) is 17.8. The molecule has 138 valence electrons. The fourth-order valence-corrected chi connectivity index (χ4v) is 3.45. The molecule has 1 saturated heterocycles. The predicted octanol–water partition coefficient (Wildman–Crippen LogP) is 2.22. The highest BCUT2D eigenvalue weighted by atomic mass is 19.1. The third kappa shape index (κ3) is 4.30. The standard InChI is InChI=1S/C19H28FN3O2/c1-21-17(23-14-19(24-2)8-10-25-11-9-19)22-13-18(6-7-18)15-4-3-5-16(20)12-15/h3-5,12H,6-11,13-14H2,1-2H3,(H2,21,22,23). The second-order valence-electron chi connectivity index (χ2n) is 7.07. The van der Waals surface area contributed by atoms with E-state index >= 15 is 0 Å². The number of nitrogens with one attached hydrogen (secondary N) is 2. The van der Waals surface area contributed by atoms with E-state index in [1.54, 1.807) is 26.3 Å². The summed E-state index contributed by atoms with van der Waals surface area (Å²) >= 11 is 0. The van der Waals surface area contributed by atoms with Crippen LogP contribution in [0.15, 0.2) is 29.3 Å². The van der Waals surface area contributed by atoms with Crippen molar-refractivity contribution in [2.24, 2.45) is 4.99 Å². The molecule has 5 nitrogen and oxygen atoms in total. The van der Waals surface area contributed by atoms with Gasteiger partial charge in [-0.25, -0.2) is 4.39 Å². The molecule has 0 radical (unpaired) electrons. The first-order valence-electron chi connectivity index (χ1n) is 8.95. The molecule has 1 aliphatic carbocycles. The number of ether oxygens (including phenoxy) is 2. The van der Waals surface area contributed by atoms with E-state index in [1.165, 1.54) is 6.07 Å². The summed E-state index contributed by atoms with van der Waals surface area (Å²) in [6.45, 7) is 2.90. The van der Waals surface area contributed by atoms with Crippen molar-refractivity contribution in [3.8, 4) is 0 Å². The fourth-order valence-electron chi connectivity index (χ4n) is 3.45. The highest BCUT2D eigenvalue weighted by Crippen LogP contribution is 2.47. The maximum atomic E-state index is 13.5. The van der Waals surface area contributed by atoms with Gasteiger partial charge in [0.2, 0.25) is 0 Å². The van der Waals surface area contributed by atoms with E-state index in [0.717, 1.165) is 57.0 Å². The smallest absolute Gasteiger partial charge is 0.191 e. The lowest BCUT2D eigenvalue weighted by molar-refractivity contribution is -0.0855. The van der Waals surface area contributed by atoms with Crippen LogP contribution in [0.25, 0.3) is 0 Å². The molecular weight excluding hydrogens is 321 g/mol. The van der Waals surface area contributed by atoms with Crippen LogP contribution in [0.3, 0.4) is 0 Å². The molecule has 2 N–H and O–H groups in total. The SMILES string of the molecule is CN=C(NCC1(OC)CCOCC1)NCC1(c2cccc(F)c2)CC1. The molecule has 2 fully saturated rings. The van der Waals surface area contributed by atoms with Gasteiger partial charge in [0, 0.05) is 58.7 Å². The summed E-state index contributed by atoms with van der Waals surface area (Å²) in [5.74, 6) is 0.582. The molecular formula is C19H28FN3O2. The van der Waals surface area contributed by atoms with Crippen molar-refractivity contribution in [1.29, 1.82) is 0 Å². The van der Waals surface area contributed by atoms with Gasteiger partial charge in [0.1, 0.15) is 5.82 Å². The maximum absolute atomic E-state index is 13.5. The summed E-state index contributed by atoms with van der Waals surface area (Å²) in [4.78, 5) is 4.31. The third-order valence-corrected chi connectivity index (χ3v) is 5.52. The zero-order valence-corrected chi connectivity index (χ0v) is 15.1. The van der Waals surface area contributed by atoms with Crippen LogP contribution in [0.5, 0.6) is 0 Å². The van der Waals surface area contributed by atoms with Crippen LogP contribution in [-0.2, 0) is 14.9 Å². The first kappa shape index (κ1) is 18.1. The minimum atomic E-state index is -0.199. The van der Waals surface area contributed by atoms with Crippen LogP contribution in [0.4, 0.5) is 4.39 Å². The van der Waals surface area contributed by atoms with Crippen LogP contribution < -0.4 is 10.6 Å². The number of nitrogens with zero attached hydrogens (tertiary/aromatic N) is 1. The summed E-state index contributed by atoms with van der Waals surface area (Å²) in [6, 6.07) is 6.93. The van der Waals surface area contributed by atoms with Crippen molar-refractivity contribution in [1.82, 2.24) is 10.6 Å². The van der Waals surface area contributed by atoms with Crippen molar-refractivity contribution >= 4 is 5.96 Å². The highest BCUT2D eigenvalue weighted by Gasteiger charge is 2.44. The second-order valence-corrected chi connectivity index (χ2v) is 7.07. The number of hydrogen-bond donors (Lipinski definition) is 2. The largest absolute Gasteiger partial charge is 0.381 e.